The highest BCUT2D eigenvalue weighted by Crippen LogP contribution is 2.23. The Hall–Kier alpha value is -3.54. The zero-order valence-corrected chi connectivity index (χ0v) is 25.2. The van der Waals surface area contributed by atoms with Crippen LogP contribution >= 0.6 is 0 Å². The van der Waals surface area contributed by atoms with Crippen molar-refractivity contribution in [3.05, 3.63) is 35.9 Å². The molecule has 0 unspecified atom stereocenters. The van der Waals surface area contributed by atoms with E-state index in [1.54, 1.807) is 51.3 Å². The molecule has 2 aliphatic heterocycles. The molecule has 2 aliphatic rings. The van der Waals surface area contributed by atoms with Gasteiger partial charge in [-0.2, -0.15) is 0 Å². The lowest BCUT2D eigenvalue weighted by Gasteiger charge is -2.42. The molecule has 0 aliphatic carbocycles. The molecule has 12 nitrogen and oxygen atoms in total. The minimum atomic E-state index is -0.813. The minimum absolute atomic E-state index is 0.0790. The van der Waals surface area contributed by atoms with E-state index in [4.69, 9.17) is 18.9 Å². The molecule has 2 saturated heterocycles. The van der Waals surface area contributed by atoms with Gasteiger partial charge in [0.1, 0.15) is 23.9 Å². The summed E-state index contributed by atoms with van der Waals surface area (Å²) >= 11 is 0. The number of ether oxygens (including phenoxy) is 4. The van der Waals surface area contributed by atoms with Gasteiger partial charge in [-0.3, -0.25) is 4.90 Å². The van der Waals surface area contributed by atoms with Crippen LogP contribution < -0.4 is 5.32 Å². The fourth-order valence-corrected chi connectivity index (χ4v) is 4.73. The second kappa shape index (κ2) is 13.4. The predicted molar refractivity (Wildman–Crippen MR) is 150 cm³/mol. The number of rotatable bonds is 6. The quantitative estimate of drug-likeness (QED) is 0.400. The van der Waals surface area contributed by atoms with Crippen LogP contribution in [-0.2, 0) is 30.3 Å². The van der Waals surface area contributed by atoms with Crippen LogP contribution in [0.15, 0.2) is 30.3 Å². The predicted octanol–water partition coefficient (Wildman–Crippen LogP) is 3.39. The number of hydrogen-bond acceptors (Lipinski definition) is 9. The molecule has 0 aromatic heterocycles. The number of benzene rings is 1. The number of carbonyl (C=O) groups is 4. The number of amides is 3. The lowest BCUT2D eigenvalue weighted by molar-refractivity contribution is -0.145. The van der Waals surface area contributed by atoms with Gasteiger partial charge in [0.05, 0.1) is 13.2 Å². The molecule has 1 N–H and O–H groups in total. The van der Waals surface area contributed by atoms with Crippen molar-refractivity contribution in [2.24, 2.45) is 0 Å². The van der Waals surface area contributed by atoms with Crippen molar-refractivity contribution in [3.8, 4) is 0 Å². The van der Waals surface area contributed by atoms with Gasteiger partial charge < -0.3 is 34.1 Å². The number of carbonyl (C=O) groups excluding carboxylic acids is 4. The van der Waals surface area contributed by atoms with Gasteiger partial charge in [0.25, 0.3) is 0 Å². The Bertz CT molecular complexity index is 1070. The number of piperazine rings is 1. The molecule has 1 aromatic rings. The van der Waals surface area contributed by atoms with Gasteiger partial charge in [0.15, 0.2) is 0 Å². The maximum Gasteiger partial charge on any atom is 0.410 e. The van der Waals surface area contributed by atoms with E-state index < -0.39 is 47.5 Å². The van der Waals surface area contributed by atoms with Gasteiger partial charge in [0.2, 0.25) is 0 Å². The number of nitrogens with one attached hydrogen (secondary N) is 1. The molecule has 228 valence electrons. The van der Waals surface area contributed by atoms with Crippen molar-refractivity contribution in [2.45, 2.75) is 83.9 Å². The molecular weight excluding hydrogens is 532 g/mol. The molecule has 0 spiro atoms. The number of likely N-dealkylation sites (tertiary alicyclic amines) is 1. The summed E-state index contributed by atoms with van der Waals surface area (Å²) in [7, 11) is 1.28. The van der Waals surface area contributed by atoms with Crippen LogP contribution in [0.25, 0.3) is 0 Å². The summed E-state index contributed by atoms with van der Waals surface area (Å²) in [6.07, 6.45) is -1.23. The van der Waals surface area contributed by atoms with Crippen LogP contribution in [0.2, 0.25) is 0 Å². The van der Waals surface area contributed by atoms with Crippen molar-refractivity contribution in [1.82, 2.24) is 20.0 Å². The van der Waals surface area contributed by atoms with Crippen molar-refractivity contribution in [2.75, 3.05) is 39.8 Å². The molecule has 1 aromatic carbocycles. The molecule has 41 heavy (non-hydrogen) atoms. The van der Waals surface area contributed by atoms with Crippen molar-refractivity contribution < 1.29 is 38.1 Å². The summed E-state index contributed by atoms with van der Waals surface area (Å²) in [4.78, 5) is 55.9. The summed E-state index contributed by atoms with van der Waals surface area (Å²) in [6, 6.07) is 7.76. The average molecular weight is 577 g/mol. The molecule has 2 heterocycles. The van der Waals surface area contributed by atoms with Crippen LogP contribution in [0.5, 0.6) is 0 Å². The molecule has 0 radical (unpaired) electrons. The Morgan fingerprint density at radius 1 is 0.854 bits per heavy atom. The molecule has 2 fully saturated rings. The lowest BCUT2D eigenvalue weighted by atomic mass is 10.1. The summed E-state index contributed by atoms with van der Waals surface area (Å²) in [5.41, 5.74) is -0.506. The van der Waals surface area contributed by atoms with E-state index in [1.807, 2.05) is 30.3 Å². The van der Waals surface area contributed by atoms with Crippen LogP contribution in [0.3, 0.4) is 0 Å². The van der Waals surface area contributed by atoms with Gasteiger partial charge in [-0.15, -0.1) is 0 Å². The van der Waals surface area contributed by atoms with Crippen molar-refractivity contribution in [3.63, 3.8) is 0 Å². The second-order valence-electron chi connectivity index (χ2n) is 12.3. The smallest absolute Gasteiger partial charge is 0.410 e. The van der Waals surface area contributed by atoms with Gasteiger partial charge >= 0.3 is 24.2 Å². The van der Waals surface area contributed by atoms with Crippen molar-refractivity contribution >= 4 is 24.2 Å². The lowest BCUT2D eigenvalue weighted by Crippen LogP contribution is -2.61. The maximum absolute atomic E-state index is 13.0. The van der Waals surface area contributed by atoms with Crippen LogP contribution in [0.4, 0.5) is 14.4 Å². The molecule has 3 atom stereocenters. The Labute approximate surface area is 242 Å². The summed E-state index contributed by atoms with van der Waals surface area (Å²) in [6.45, 7) is 12.2. The van der Waals surface area contributed by atoms with Crippen LogP contribution in [0, 0.1) is 0 Å². The normalized spacial score (nSPS) is 21.3. The number of esters is 1. The largest absolute Gasteiger partial charge is 0.467 e. The standard InChI is InChI=1S/C29H44N4O8/c1-28(2,3)40-25(35)31-13-14-32(27(37)41-29(4,5)6)22(18-31)16-30-21-15-23(24(34)38-7)33(17-21)26(36)39-19-20-11-9-8-10-12-20/h8-12,21-23,30H,13-19H2,1-7H3/t21-,22+,23+/m0/s1. The highest BCUT2D eigenvalue weighted by atomic mass is 16.6. The summed E-state index contributed by atoms with van der Waals surface area (Å²) < 4.78 is 21.6. The van der Waals surface area contributed by atoms with Gasteiger partial charge in [-0.25, -0.2) is 19.2 Å². The zero-order chi connectivity index (χ0) is 30.4. The highest BCUT2D eigenvalue weighted by molar-refractivity contribution is 5.82. The average Bonchev–Trinajstić information content (AvgIpc) is 3.33. The van der Waals surface area contributed by atoms with E-state index in [1.165, 1.54) is 12.0 Å². The molecule has 12 heteroatoms. The van der Waals surface area contributed by atoms with Gasteiger partial charge in [-0.05, 0) is 53.5 Å². The highest BCUT2D eigenvalue weighted by Gasteiger charge is 2.42. The SMILES string of the molecule is COC(=O)[C@H]1C[C@H](NC[C@@H]2CN(C(=O)OC(C)(C)C)CCN2C(=O)OC(C)(C)C)CN1C(=O)OCc1ccccc1. The molecule has 0 saturated carbocycles. The third-order valence-corrected chi connectivity index (χ3v) is 6.62. The third-order valence-electron chi connectivity index (χ3n) is 6.62. The first kappa shape index (κ1) is 32.0. The van der Waals surface area contributed by atoms with Crippen LogP contribution in [-0.4, -0.2) is 108 Å². The topological polar surface area (TPSA) is 127 Å². The summed E-state index contributed by atoms with van der Waals surface area (Å²) in [5, 5.41) is 3.39. The van der Waals surface area contributed by atoms with Crippen molar-refractivity contribution in [1.29, 1.82) is 0 Å². The Morgan fingerprint density at radius 2 is 1.49 bits per heavy atom. The number of methoxy groups -OCH3 is 1. The second-order valence-corrected chi connectivity index (χ2v) is 12.3. The van der Waals surface area contributed by atoms with E-state index >= 15 is 0 Å². The first-order chi connectivity index (χ1) is 19.2. The number of nitrogens with zero attached hydrogens (tertiary/aromatic N) is 3. The Morgan fingerprint density at radius 3 is 2.10 bits per heavy atom. The molecule has 0 bridgehead atoms. The Balaban J connectivity index is 1.68. The van der Waals surface area contributed by atoms with E-state index in [0.717, 1.165) is 5.56 Å². The van der Waals surface area contributed by atoms with Gasteiger partial charge in [0, 0.05) is 38.8 Å². The van der Waals surface area contributed by atoms with Crippen LogP contribution in [0.1, 0.15) is 53.5 Å². The van der Waals surface area contributed by atoms with Gasteiger partial charge in [-0.1, -0.05) is 30.3 Å². The first-order valence-electron chi connectivity index (χ1n) is 13.9. The minimum Gasteiger partial charge on any atom is -0.467 e. The van der Waals surface area contributed by atoms with E-state index in [9.17, 15) is 19.2 Å². The maximum atomic E-state index is 13.0. The fourth-order valence-electron chi connectivity index (χ4n) is 4.73. The summed E-state index contributed by atoms with van der Waals surface area (Å²) in [5.74, 6) is -0.532. The van der Waals surface area contributed by atoms with E-state index in [2.05, 4.69) is 5.32 Å². The third kappa shape index (κ3) is 9.51. The molecular formula is C29H44N4O8. The Kier molecular flexibility index (Phi) is 10.5. The fraction of sp³-hybridized carbons (Fsp3) is 0.655. The van der Waals surface area contributed by atoms with E-state index in [0.29, 0.717) is 19.5 Å². The van der Waals surface area contributed by atoms with E-state index in [-0.39, 0.29) is 32.3 Å². The monoisotopic (exact) mass is 576 g/mol. The zero-order valence-electron chi connectivity index (χ0n) is 25.2. The first-order valence-corrected chi connectivity index (χ1v) is 13.9. The molecule has 3 rings (SSSR count). The molecule has 3 amide bonds. The number of hydrogen-bond donors (Lipinski definition) is 1.